The molecular weight excluding hydrogens is 274 g/mol. The second-order valence-electron chi connectivity index (χ2n) is 5.10. The normalized spacial score (nSPS) is 11.0. The lowest BCUT2D eigenvalue weighted by molar-refractivity contribution is -0.121. The smallest absolute Gasteiger partial charge is 0.240 e. The van der Waals surface area contributed by atoms with E-state index in [4.69, 9.17) is 17.0 Å². The Morgan fingerprint density at radius 1 is 1.50 bits per heavy atom. The van der Waals surface area contributed by atoms with E-state index in [1.165, 1.54) is 0 Å². The van der Waals surface area contributed by atoms with E-state index in [9.17, 15) is 4.79 Å². The van der Waals surface area contributed by atoms with Gasteiger partial charge in [0.1, 0.15) is 12.3 Å². The summed E-state index contributed by atoms with van der Waals surface area (Å²) < 4.78 is 7.52. The molecule has 0 aliphatic rings. The Kier molecular flexibility index (Phi) is 4.44. The van der Waals surface area contributed by atoms with Gasteiger partial charge >= 0.3 is 0 Å². The van der Waals surface area contributed by atoms with Crippen LogP contribution in [0.15, 0.2) is 18.2 Å². The van der Waals surface area contributed by atoms with Gasteiger partial charge in [0.05, 0.1) is 18.1 Å². The SMILES string of the molecule is COc1ccc2[nH]c(=S)n(CC(=O)NCC(C)C)c2c1. The van der Waals surface area contributed by atoms with Crippen LogP contribution in [0.5, 0.6) is 5.75 Å². The Morgan fingerprint density at radius 3 is 2.90 bits per heavy atom. The van der Waals surface area contributed by atoms with Gasteiger partial charge in [-0.05, 0) is 30.3 Å². The van der Waals surface area contributed by atoms with Gasteiger partial charge in [-0.15, -0.1) is 0 Å². The van der Waals surface area contributed by atoms with Crippen LogP contribution in [0.3, 0.4) is 0 Å². The zero-order valence-corrected chi connectivity index (χ0v) is 12.7. The summed E-state index contributed by atoms with van der Waals surface area (Å²) in [4.78, 5) is 15.0. The van der Waals surface area contributed by atoms with E-state index in [1.54, 1.807) is 11.7 Å². The molecule has 0 fully saturated rings. The first-order valence-electron chi connectivity index (χ1n) is 6.54. The zero-order valence-electron chi connectivity index (χ0n) is 11.9. The first-order chi connectivity index (χ1) is 9.51. The molecule has 0 spiro atoms. The average Bonchev–Trinajstić information content (AvgIpc) is 2.72. The summed E-state index contributed by atoms with van der Waals surface area (Å²) in [6.45, 7) is 4.99. The van der Waals surface area contributed by atoms with Gasteiger partial charge in [0.25, 0.3) is 0 Å². The van der Waals surface area contributed by atoms with Crippen LogP contribution in [0.1, 0.15) is 13.8 Å². The first-order valence-corrected chi connectivity index (χ1v) is 6.95. The predicted octanol–water partition coefficient (Wildman–Crippen LogP) is 2.48. The number of amides is 1. The van der Waals surface area contributed by atoms with Gasteiger partial charge in [0, 0.05) is 12.6 Å². The second-order valence-corrected chi connectivity index (χ2v) is 5.48. The molecule has 0 aliphatic carbocycles. The number of nitrogens with one attached hydrogen (secondary N) is 2. The molecule has 1 aromatic carbocycles. The van der Waals surface area contributed by atoms with Crippen LogP contribution in [0, 0.1) is 10.7 Å². The molecule has 108 valence electrons. The fourth-order valence-electron chi connectivity index (χ4n) is 1.93. The number of methoxy groups -OCH3 is 1. The van der Waals surface area contributed by atoms with Crippen molar-refractivity contribution in [2.75, 3.05) is 13.7 Å². The van der Waals surface area contributed by atoms with Crippen molar-refractivity contribution in [3.05, 3.63) is 23.0 Å². The highest BCUT2D eigenvalue weighted by Gasteiger charge is 2.10. The van der Waals surface area contributed by atoms with E-state index < -0.39 is 0 Å². The van der Waals surface area contributed by atoms with Crippen LogP contribution in [0.2, 0.25) is 0 Å². The predicted molar refractivity (Wildman–Crippen MR) is 81.5 cm³/mol. The molecule has 2 N–H and O–H groups in total. The molecular formula is C14H19N3O2S. The third-order valence-corrected chi connectivity index (χ3v) is 3.31. The third-order valence-electron chi connectivity index (χ3n) is 2.99. The monoisotopic (exact) mass is 293 g/mol. The number of carbonyl (C=O) groups excluding carboxylic acids is 1. The zero-order chi connectivity index (χ0) is 14.7. The summed E-state index contributed by atoms with van der Waals surface area (Å²) in [7, 11) is 1.61. The molecule has 0 atom stereocenters. The number of H-pyrrole nitrogens is 1. The standard InChI is InChI=1S/C14H19N3O2S/c1-9(2)7-15-13(18)8-17-12-6-10(19-3)4-5-11(12)16-14(17)20/h4-6,9H,7-8H2,1-3H3,(H,15,18)(H,16,20). The van der Waals surface area contributed by atoms with E-state index in [-0.39, 0.29) is 12.5 Å². The summed E-state index contributed by atoms with van der Waals surface area (Å²) in [5.74, 6) is 1.12. The van der Waals surface area contributed by atoms with Gasteiger partial charge in [-0.25, -0.2) is 0 Å². The topological polar surface area (TPSA) is 59.0 Å². The van der Waals surface area contributed by atoms with Gasteiger partial charge in [0.15, 0.2) is 4.77 Å². The molecule has 0 aliphatic heterocycles. The number of rotatable bonds is 5. The van der Waals surface area contributed by atoms with E-state index in [2.05, 4.69) is 24.1 Å². The van der Waals surface area contributed by atoms with Crippen molar-refractivity contribution in [3.63, 3.8) is 0 Å². The molecule has 2 aromatic rings. The van der Waals surface area contributed by atoms with E-state index in [0.29, 0.717) is 17.2 Å². The Morgan fingerprint density at radius 2 is 2.25 bits per heavy atom. The number of aromatic amines is 1. The summed E-state index contributed by atoms with van der Waals surface area (Å²) in [6.07, 6.45) is 0. The highest BCUT2D eigenvalue weighted by atomic mass is 32.1. The summed E-state index contributed by atoms with van der Waals surface area (Å²) in [6, 6.07) is 5.63. The van der Waals surface area contributed by atoms with Gasteiger partial charge in [-0.3, -0.25) is 4.79 Å². The van der Waals surface area contributed by atoms with Gasteiger partial charge < -0.3 is 19.6 Å². The highest BCUT2D eigenvalue weighted by Crippen LogP contribution is 2.20. The Bertz CT molecular complexity index is 673. The number of imidazole rings is 1. The molecule has 0 saturated carbocycles. The van der Waals surface area contributed by atoms with Crippen LogP contribution in [0.4, 0.5) is 0 Å². The van der Waals surface area contributed by atoms with Crippen LogP contribution >= 0.6 is 12.2 Å². The number of carbonyl (C=O) groups is 1. The number of hydrogen-bond donors (Lipinski definition) is 2. The number of hydrogen-bond acceptors (Lipinski definition) is 3. The largest absolute Gasteiger partial charge is 0.497 e. The van der Waals surface area contributed by atoms with Crippen LogP contribution < -0.4 is 10.1 Å². The molecule has 1 amide bonds. The van der Waals surface area contributed by atoms with E-state index >= 15 is 0 Å². The lowest BCUT2D eigenvalue weighted by atomic mass is 10.2. The number of fused-ring (bicyclic) bond motifs is 1. The molecule has 0 bridgehead atoms. The van der Waals surface area contributed by atoms with Gasteiger partial charge in [-0.2, -0.15) is 0 Å². The second kappa shape index (κ2) is 6.09. The van der Waals surface area contributed by atoms with Crippen molar-refractivity contribution in [3.8, 4) is 5.75 Å². The first kappa shape index (κ1) is 14.6. The molecule has 0 radical (unpaired) electrons. The molecule has 2 rings (SSSR count). The maximum atomic E-state index is 11.9. The summed E-state index contributed by atoms with van der Waals surface area (Å²) in [5.41, 5.74) is 1.77. The summed E-state index contributed by atoms with van der Waals surface area (Å²) >= 11 is 5.27. The van der Waals surface area contributed by atoms with Crippen molar-refractivity contribution in [1.82, 2.24) is 14.9 Å². The van der Waals surface area contributed by atoms with Crippen LogP contribution in [-0.2, 0) is 11.3 Å². The highest BCUT2D eigenvalue weighted by molar-refractivity contribution is 7.71. The van der Waals surface area contributed by atoms with E-state index in [1.807, 2.05) is 18.2 Å². The minimum atomic E-state index is -0.0430. The lowest BCUT2D eigenvalue weighted by Crippen LogP contribution is -2.30. The minimum Gasteiger partial charge on any atom is -0.497 e. The molecule has 1 aromatic heterocycles. The third kappa shape index (κ3) is 3.19. The molecule has 20 heavy (non-hydrogen) atoms. The Hall–Kier alpha value is -1.82. The molecule has 5 nitrogen and oxygen atoms in total. The average molecular weight is 293 g/mol. The lowest BCUT2D eigenvalue weighted by Gasteiger charge is -2.09. The molecule has 0 unspecified atom stereocenters. The number of aromatic nitrogens is 2. The van der Waals surface area contributed by atoms with Crippen molar-refractivity contribution in [2.24, 2.45) is 5.92 Å². The van der Waals surface area contributed by atoms with Crippen molar-refractivity contribution in [2.45, 2.75) is 20.4 Å². The number of ether oxygens (including phenoxy) is 1. The van der Waals surface area contributed by atoms with Gasteiger partial charge in [-0.1, -0.05) is 13.8 Å². The minimum absolute atomic E-state index is 0.0430. The quantitative estimate of drug-likeness (QED) is 0.833. The van der Waals surface area contributed by atoms with E-state index in [0.717, 1.165) is 16.8 Å². The van der Waals surface area contributed by atoms with Crippen molar-refractivity contribution < 1.29 is 9.53 Å². The number of benzene rings is 1. The van der Waals surface area contributed by atoms with Crippen LogP contribution in [0.25, 0.3) is 11.0 Å². The fourth-order valence-corrected chi connectivity index (χ4v) is 2.21. The molecule has 0 saturated heterocycles. The Balaban J connectivity index is 2.26. The molecule has 6 heteroatoms. The molecule has 1 heterocycles. The van der Waals surface area contributed by atoms with Crippen molar-refractivity contribution >= 4 is 29.2 Å². The summed E-state index contributed by atoms with van der Waals surface area (Å²) in [5, 5.41) is 2.89. The van der Waals surface area contributed by atoms with Gasteiger partial charge in [0.2, 0.25) is 5.91 Å². The maximum absolute atomic E-state index is 11.9. The van der Waals surface area contributed by atoms with Crippen LogP contribution in [-0.4, -0.2) is 29.1 Å². The fraction of sp³-hybridized carbons (Fsp3) is 0.429. The number of nitrogens with zero attached hydrogens (tertiary/aromatic N) is 1. The maximum Gasteiger partial charge on any atom is 0.240 e. The Labute approximate surface area is 122 Å². The van der Waals surface area contributed by atoms with Crippen molar-refractivity contribution in [1.29, 1.82) is 0 Å².